The molecule has 0 aromatic rings. The Kier molecular flexibility index (Phi) is 3.16. The van der Waals surface area contributed by atoms with E-state index in [0.29, 0.717) is 11.9 Å². The summed E-state index contributed by atoms with van der Waals surface area (Å²) in [6.45, 7) is 6.88. The number of nitrogens with one attached hydrogen (secondary N) is 1. The molecule has 19 heavy (non-hydrogen) atoms. The Morgan fingerprint density at radius 2 is 1.89 bits per heavy atom. The lowest BCUT2D eigenvalue weighted by molar-refractivity contribution is -0.137. The van der Waals surface area contributed by atoms with E-state index in [2.05, 4.69) is 31.0 Å². The third-order valence-electron chi connectivity index (χ3n) is 5.80. The zero-order valence-electron chi connectivity index (χ0n) is 12.7. The molecule has 1 spiro atoms. The summed E-state index contributed by atoms with van der Waals surface area (Å²) < 4.78 is 0. The average molecular weight is 264 g/mol. The van der Waals surface area contributed by atoms with Gasteiger partial charge in [0.2, 0.25) is 5.91 Å². The van der Waals surface area contributed by atoms with Crippen LogP contribution >= 0.6 is 0 Å². The van der Waals surface area contributed by atoms with E-state index in [-0.39, 0.29) is 17.1 Å². The molecule has 2 unspecified atom stereocenters. The molecule has 3 nitrogen and oxygen atoms in total. The third-order valence-corrected chi connectivity index (χ3v) is 5.80. The molecule has 1 heterocycles. The van der Waals surface area contributed by atoms with Crippen LogP contribution < -0.4 is 5.32 Å². The second kappa shape index (κ2) is 4.47. The highest BCUT2D eigenvalue weighted by atomic mass is 16.2. The second-order valence-corrected chi connectivity index (χ2v) is 7.47. The molecular weight excluding hydrogens is 236 g/mol. The van der Waals surface area contributed by atoms with Gasteiger partial charge in [0.1, 0.15) is 0 Å². The van der Waals surface area contributed by atoms with E-state index in [1.54, 1.807) is 0 Å². The third kappa shape index (κ3) is 1.93. The summed E-state index contributed by atoms with van der Waals surface area (Å²) in [5.41, 5.74) is 0.0915. The monoisotopic (exact) mass is 264 g/mol. The molecule has 3 fully saturated rings. The highest BCUT2D eigenvalue weighted by Crippen LogP contribution is 2.46. The average Bonchev–Trinajstić information content (AvgIpc) is 3.02. The largest absolute Gasteiger partial charge is 0.322 e. The van der Waals surface area contributed by atoms with Crippen LogP contribution in [0, 0.1) is 5.41 Å². The van der Waals surface area contributed by atoms with Gasteiger partial charge in [-0.15, -0.1) is 0 Å². The first-order chi connectivity index (χ1) is 9.00. The molecule has 1 saturated heterocycles. The van der Waals surface area contributed by atoms with E-state index >= 15 is 0 Å². The summed E-state index contributed by atoms with van der Waals surface area (Å²) in [6.07, 6.45) is 9.52. The Hall–Kier alpha value is -0.570. The number of rotatable bonds is 2. The van der Waals surface area contributed by atoms with Crippen molar-refractivity contribution in [2.24, 2.45) is 5.41 Å². The van der Waals surface area contributed by atoms with E-state index in [0.717, 1.165) is 19.3 Å². The van der Waals surface area contributed by atoms with Gasteiger partial charge in [-0.05, 0) is 37.5 Å². The van der Waals surface area contributed by atoms with Crippen LogP contribution in [0.5, 0.6) is 0 Å². The summed E-state index contributed by atoms with van der Waals surface area (Å²) in [7, 11) is 0. The molecule has 1 N–H and O–H groups in total. The molecule has 1 aliphatic heterocycles. The van der Waals surface area contributed by atoms with E-state index in [1.165, 1.54) is 32.1 Å². The molecule has 3 heteroatoms. The molecule has 3 rings (SSSR count). The predicted octanol–water partition coefficient (Wildman–Crippen LogP) is 3.05. The van der Waals surface area contributed by atoms with Crippen molar-refractivity contribution in [3.8, 4) is 0 Å². The molecule has 0 radical (unpaired) electrons. The molecule has 1 amide bonds. The summed E-state index contributed by atoms with van der Waals surface area (Å²) in [5, 5.41) is 3.71. The van der Waals surface area contributed by atoms with Crippen LogP contribution in [0.25, 0.3) is 0 Å². The van der Waals surface area contributed by atoms with Gasteiger partial charge in [0.05, 0.1) is 11.7 Å². The lowest BCUT2D eigenvalue weighted by atomic mass is 9.85. The molecule has 3 aliphatic rings. The van der Waals surface area contributed by atoms with Gasteiger partial charge in [-0.2, -0.15) is 0 Å². The van der Waals surface area contributed by atoms with Crippen molar-refractivity contribution < 1.29 is 4.79 Å². The molecule has 2 saturated carbocycles. The zero-order chi connectivity index (χ0) is 13.7. The van der Waals surface area contributed by atoms with Crippen molar-refractivity contribution in [3.63, 3.8) is 0 Å². The van der Waals surface area contributed by atoms with Crippen molar-refractivity contribution in [2.45, 2.75) is 89.9 Å². The number of carbonyl (C=O) groups is 1. The maximum absolute atomic E-state index is 13.0. The van der Waals surface area contributed by atoms with E-state index in [9.17, 15) is 4.79 Å². The zero-order valence-corrected chi connectivity index (χ0v) is 12.7. The molecule has 0 bridgehead atoms. The first-order valence-corrected chi connectivity index (χ1v) is 8.11. The molecule has 2 atom stereocenters. The van der Waals surface area contributed by atoms with Crippen LogP contribution in [0.15, 0.2) is 0 Å². The van der Waals surface area contributed by atoms with Gasteiger partial charge in [0, 0.05) is 6.04 Å². The molecule has 0 aromatic heterocycles. The fourth-order valence-electron chi connectivity index (χ4n) is 4.66. The Bertz CT molecular complexity index is 371. The van der Waals surface area contributed by atoms with Gasteiger partial charge in [-0.3, -0.25) is 10.1 Å². The number of amides is 1. The Morgan fingerprint density at radius 3 is 2.42 bits per heavy atom. The fraction of sp³-hybridized carbons (Fsp3) is 0.938. The van der Waals surface area contributed by atoms with E-state index < -0.39 is 0 Å². The van der Waals surface area contributed by atoms with Crippen LogP contribution in [-0.2, 0) is 4.79 Å². The van der Waals surface area contributed by atoms with Crippen molar-refractivity contribution in [1.82, 2.24) is 10.2 Å². The first-order valence-electron chi connectivity index (χ1n) is 8.11. The van der Waals surface area contributed by atoms with E-state index in [4.69, 9.17) is 0 Å². The van der Waals surface area contributed by atoms with Crippen molar-refractivity contribution >= 4 is 5.91 Å². The van der Waals surface area contributed by atoms with Crippen molar-refractivity contribution in [1.29, 1.82) is 0 Å². The quantitative estimate of drug-likeness (QED) is 0.831. The Balaban J connectivity index is 1.89. The molecular formula is C16H28N2O. The second-order valence-electron chi connectivity index (χ2n) is 7.47. The molecule has 0 aromatic carbocycles. The summed E-state index contributed by atoms with van der Waals surface area (Å²) in [5.74, 6) is 0.414. The first kappa shape index (κ1) is 13.4. The minimum absolute atomic E-state index is 0.195. The Morgan fingerprint density at radius 1 is 1.21 bits per heavy atom. The SMILES string of the molecule is CCC1NC2(CCCC2)C(=O)N1C1CCCC1(C)C. The van der Waals surface area contributed by atoms with Crippen LogP contribution in [0.1, 0.15) is 72.1 Å². The lowest BCUT2D eigenvalue weighted by Gasteiger charge is -2.38. The number of carbonyl (C=O) groups excluding carboxylic acids is 1. The molecule has 108 valence electrons. The fourth-order valence-corrected chi connectivity index (χ4v) is 4.66. The summed E-state index contributed by atoms with van der Waals surface area (Å²) >= 11 is 0. The topological polar surface area (TPSA) is 32.3 Å². The maximum atomic E-state index is 13.0. The number of nitrogens with zero attached hydrogens (tertiary/aromatic N) is 1. The van der Waals surface area contributed by atoms with Crippen LogP contribution in [0.4, 0.5) is 0 Å². The van der Waals surface area contributed by atoms with Crippen molar-refractivity contribution in [3.05, 3.63) is 0 Å². The predicted molar refractivity (Wildman–Crippen MR) is 76.7 cm³/mol. The number of hydrogen-bond donors (Lipinski definition) is 1. The minimum atomic E-state index is -0.195. The number of hydrogen-bond acceptors (Lipinski definition) is 2. The smallest absolute Gasteiger partial charge is 0.244 e. The van der Waals surface area contributed by atoms with Gasteiger partial charge in [0.15, 0.2) is 0 Å². The van der Waals surface area contributed by atoms with Gasteiger partial charge < -0.3 is 4.90 Å². The normalized spacial score (nSPS) is 36.6. The van der Waals surface area contributed by atoms with Crippen LogP contribution in [-0.4, -0.2) is 28.6 Å². The van der Waals surface area contributed by atoms with Gasteiger partial charge in [-0.25, -0.2) is 0 Å². The summed E-state index contributed by atoms with van der Waals surface area (Å²) in [4.78, 5) is 15.3. The minimum Gasteiger partial charge on any atom is -0.322 e. The highest BCUT2D eigenvalue weighted by molar-refractivity contribution is 5.89. The standard InChI is InChI=1S/C16H28N2O/c1-4-13-17-16(10-5-6-11-16)14(19)18(13)12-8-7-9-15(12,2)3/h12-13,17H,4-11H2,1-3H3. The van der Waals surface area contributed by atoms with Crippen molar-refractivity contribution in [2.75, 3.05) is 0 Å². The lowest BCUT2D eigenvalue weighted by Crippen LogP contribution is -2.49. The van der Waals surface area contributed by atoms with E-state index in [1.807, 2.05) is 0 Å². The van der Waals surface area contributed by atoms with Gasteiger partial charge >= 0.3 is 0 Å². The molecule has 2 aliphatic carbocycles. The Labute approximate surface area is 117 Å². The van der Waals surface area contributed by atoms with Gasteiger partial charge in [-0.1, -0.05) is 40.0 Å². The van der Waals surface area contributed by atoms with Gasteiger partial charge in [0.25, 0.3) is 0 Å². The maximum Gasteiger partial charge on any atom is 0.244 e. The van der Waals surface area contributed by atoms with Crippen LogP contribution in [0.3, 0.4) is 0 Å². The highest BCUT2D eigenvalue weighted by Gasteiger charge is 2.56. The van der Waals surface area contributed by atoms with Crippen LogP contribution in [0.2, 0.25) is 0 Å². The summed E-state index contributed by atoms with van der Waals surface area (Å²) in [6, 6.07) is 0.442.